The smallest absolute Gasteiger partial charge is 0.257 e. The molecule has 0 spiro atoms. The molecule has 0 saturated carbocycles. The normalized spacial score (nSPS) is 20.4. The maximum absolute atomic E-state index is 12.2. The molecule has 1 aromatic rings. The van der Waals surface area contributed by atoms with Crippen molar-refractivity contribution < 1.29 is 9.90 Å². The first-order valence-electron chi connectivity index (χ1n) is 5.50. The molecule has 1 N–H and O–H groups in total. The van der Waals surface area contributed by atoms with Crippen LogP contribution in [0.2, 0.25) is 0 Å². The lowest BCUT2D eigenvalue weighted by atomic mass is 10.1. The third-order valence-corrected chi connectivity index (χ3v) is 4.08. The number of halogens is 2. The molecule has 1 amide bonds. The number of nitrogens with zero attached hydrogens (tertiary/aromatic N) is 1. The molecule has 92 valence electrons. The van der Waals surface area contributed by atoms with Gasteiger partial charge in [-0.2, -0.15) is 0 Å². The number of aromatic hydroxyl groups is 1. The van der Waals surface area contributed by atoms with Gasteiger partial charge in [0.15, 0.2) is 0 Å². The molecule has 1 unspecified atom stereocenters. The van der Waals surface area contributed by atoms with E-state index in [0.717, 1.165) is 23.9 Å². The highest BCUT2D eigenvalue weighted by Gasteiger charge is 2.24. The van der Waals surface area contributed by atoms with Gasteiger partial charge in [-0.05, 0) is 31.0 Å². The van der Waals surface area contributed by atoms with Crippen molar-refractivity contribution in [1.29, 1.82) is 0 Å². The fourth-order valence-corrected chi connectivity index (χ4v) is 2.99. The van der Waals surface area contributed by atoms with E-state index in [-0.39, 0.29) is 11.7 Å². The van der Waals surface area contributed by atoms with Crippen LogP contribution in [0.25, 0.3) is 0 Å². The van der Waals surface area contributed by atoms with E-state index in [4.69, 9.17) is 0 Å². The van der Waals surface area contributed by atoms with E-state index in [1.165, 1.54) is 0 Å². The van der Waals surface area contributed by atoms with Crippen LogP contribution >= 0.6 is 31.9 Å². The van der Waals surface area contributed by atoms with Gasteiger partial charge in [-0.25, -0.2) is 0 Å². The highest BCUT2D eigenvalue weighted by Crippen LogP contribution is 2.25. The Morgan fingerprint density at radius 2 is 2.24 bits per heavy atom. The van der Waals surface area contributed by atoms with Gasteiger partial charge < -0.3 is 10.0 Å². The van der Waals surface area contributed by atoms with Gasteiger partial charge in [0.2, 0.25) is 0 Å². The van der Waals surface area contributed by atoms with Crippen molar-refractivity contribution in [1.82, 2.24) is 4.90 Å². The molecule has 2 rings (SSSR count). The number of phenols is 1. The second kappa shape index (κ2) is 5.40. The number of amides is 1. The molecule has 5 heteroatoms. The lowest BCUT2D eigenvalue weighted by Crippen LogP contribution is -2.40. The topological polar surface area (TPSA) is 40.5 Å². The van der Waals surface area contributed by atoms with Crippen LogP contribution in [0.4, 0.5) is 0 Å². The van der Waals surface area contributed by atoms with Crippen LogP contribution in [0.15, 0.2) is 22.7 Å². The second-order valence-corrected chi connectivity index (χ2v) is 6.36. The zero-order valence-corrected chi connectivity index (χ0v) is 12.4. The van der Waals surface area contributed by atoms with E-state index in [1.807, 2.05) is 0 Å². The number of phenolic OH excluding ortho intramolecular Hbond substituents is 1. The summed E-state index contributed by atoms with van der Waals surface area (Å²) in [4.78, 5) is 14.3. The van der Waals surface area contributed by atoms with E-state index in [2.05, 4.69) is 31.9 Å². The van der Waals surface area contributed by atoms with Gasteiger partial charge in [0.1, 0.15) is 5.75 Å². The molecule has 1 heterocycles. The number of benzene rings is 1. The number of rotatable bonds is 1. The number of hydrogen-bond acceptors (Lipinski definition) is 2. The molecule has 1 aromatic carbocycles. The fourth-order valence-electron chi connectivity index (χ4n) is 1.97. The molecule has 0 aromatic heterocycles. The van der Waals surface area contributed by atoms with Crippen LogP contribution in [0, 0.1) is 0 Å². The van der Waals surface area contributed by atoms with Crippen molar-refractivity contribution in [2.45, 2.75) is 17.7 Å². The first-order chi connectivity index (χ1) is 8.08. The van der Waals surface area contributed by atoms with Gasteiger partial charge in [-0.1, -0.05) is 31.9 Å². The van der Waals surface area contributed by atoms with Crippen LogP contribution in [0.1, 0.15) is 23.2 Å². The summed E-state index contributed by atoms with van der Waals surface area (Å²) in [7, 11) is 0. The summed E-state index contributed by atoms with van der Waals surface area (Å²) in [6.45, 7) is 1.46. The Labute approximate surface area is 117 Å². The van der Waals surface area contributed by atoms with Crippen molar-refractivity contribution in [2.75, 3.05) is 13.1 Å². The lowest BCUT2D eigenvalue weighted by molar-refractivity contribution is 0.0727. The Balaban J connectivity index is 2.18. The summed E-state index contributed by atoms with van der Waals surface area (Å²) in [5.74, 6) is -0.0692. The molecule has 3 nitrogen and oxygen atoms in total. The van der Waals surface area contributed by atoms with Crippen LogP contribution in [-0.4, -0.2) is 33.8 Å². The number of likely N-dealkylation sites (tertiary alicyclic amines) is 1. The van der Waals surface area contributed by atoms with Gasteiger partial charge in [-0.3, -0.25) is 4.79 Å². The molecule has 17 heavy (non-hydrogen) atoms. The van der Waals surface area contributed by atoms with Crippen LogP contribution < -0.4 is 0 Å². The van der Waals surface area contributed by atoms with E-state index in [9.17, 15) is 9.90 Å². The molecule has 0 aliphatic carbocycles. The average molecular weight is 363 g/mol. The average Bonchev–Trinajstić information content (AvgIpc) is 2.28. The SMILES string of the molecule is O=C(c1ccc(Br)cc1O)N1CCCC(Br)C1. The van der Waals surface area contributed by atoms with Crippen LogP contribution in [0.5, 0.6) is 5.75 Å². The second-order valence-electron chi connectivity index (χ2n) is 4.15. The number of carbonyl (C=O) groups is 1. The first kappa shape index (κ1) is 12.9. The molecular formula is C12H13Br2NO2. The van der Waals surface area contributed by atoms with Crippen molar-refractivity contribution in [2.24, 2.45) is 0 Å². The summed E-state index contributed by atoms with van der Waals surface area (Å²) >= 11 is 6.79. The molecule has 1 atom stereocenters. The van der Waals surface area contributed by atoms with Gasteiger partial charge in [0.05, 0.1) is 5.56 Å². The Hall–Kier alpha value is -0.550. The largest absolute Gasteiger partial charge is 0.507 e. The van der Waals surface area contributed by atoms with Crippen LogP contribution in [-0.2, 0) is 0 Å². The zero-order valence-electron chi connectivity index (χ0n) is 9.20. The molecule has 0 bridgehead atoms. The minimum Gasteiger partial charge on any atom is -0.507 e. The van der Waals surface area contributed by atoms with E-state index in [1.54, 1.807) is 23.1 Å². The Kier molecular flexibility index (Phi) is 4.09. The first-order valence-corrected chi connectivity index (χ1v) is 7.20. The van der Waals surface area contributed by atoms with E-state index in [0.29, 0.717) is 16.9 Å². The molecule has 1 aliphatic rings. The highest BCUT2D eigenvalue weighted by molar-refractivity contribution is 9.10. The third kappa shape index (κ3) is 3.01. The maximum Gasteiger partial charge on any atom is 0.257 e. The summed E-state index contributed by atoms with van der Waals surface area (Å²) in [5.41, 5.74) is 0.370. The molecular weight excluding hydrogens is 350 g/mol. The molecule has 1 aliphatic heterocycles. The van der Waals surface area contributed by atoms with Crippen molar-refractivity contribution in [3.8, 4) is 5.75 Å². The van der Waals surface area contributed by atoms with Crippen molar-refractivity contribution >= 4 is 37.8 Å². The highest BCUT2D eigenvalue weighted by atomic mass is 79.9. The number of alkyl halides is 1. The zero-order chi connectivity index (χ0) is 12.4. The van der Waals surface area contributed by atoms with Crippen molar-refractivity contribution in [3.05, 3.63) is 28.2 Å². The number of carbonyl (C=O) groups excluding carboxylic acids is 1. The van der Waals surface area contributed by atoms with Crippen LogP contribution in [0.3, 0.4) is 0 Å². The Morgan fingerprint density at radius 1 is 1.47 bits per heavy atom. The van der Waals surface area contributed by atoms with Gasteiger partial charge >= 0.3 is 0 Å². The Morgan fingerprint density at radius 3 is 2.88 bits per heavy atom. The van der Waals surface area contributed by atoms with Crippen molar-refractivity contribution in [3.63, 3.8) is 0 Å². The minimum absolute atomic E-state index is 0.0288. The lowest BCUT2D eigenvalue weighted by Gasteiger charge is -2.30. The molecule has 1 saturated heterocycles. The molecule has 1 fully saturated rings. The molecule has 0 radical (unpaired) electrons. The number of piperidine rings is 1. The van der Waals surface area contributed by atoms with Gasteiger partial charge in [0.25, 0.3) is 5.91 Å². The quantitative estimate of drug-likeness (QED) is 0.779. The maximum atomic E-state index is 12.2. The summed E-state index contributed by atoms with van der Waals surface area (Å²) < 4.78 is 0.767. The number of hydrogen-bond donors (Lipinski definition) is 1. The summed E-state index contributed by atoms with van der Waals surface area (Å²) in [6.07, 6.45) is 2.09. The standard InChI is InChI=1S/C12H13Br2NO2/c13-8-3-4-10(11(16)6-8)12(17)15-5-1-2-9(14)7-15/h3-4,6,9,16H,1-2,5,7H2. The predicted molar refractivity (Wildman–Crippen MR) is 73.7 cm³/mol. The van der Waals surface area contributed by atoms with E-state index >= 15 is 0 Å². The summed E-state index contributed by atoms with van der Waals surface area (Å²) in [6, 6.07) is 4.96. The van der Waals surface area contributed by atoms with Gasteiger partial charge in [-0.15, -0.1) is 0 Å². The minimum atomic E-state index is -0.0980. The third-order valence-electron chi connectivity index (χ3n) is 2.84. The van der Waals surface area contributed by atoms with Gasteiger partial charge in [0, 0.05) is 22.4 Å². The fraction of sp³-hybridized carbons (Fsp3) is 0.417. The summed E-state index contributed by atoms with van der Waals surface area (Å²) in [5, 5.41) is 9.77. The monoisotopic (exact) mass is 361 g/mol. The van der Waals surface area contributed by atoms with E-state index < -0.39 is 0 Å². The predicted octanol–water partition coefficient (Wildman–Crippen LogP) is 3.15. The Bertz CT molecular complexity index is 437.